The number of hydrogen-bond acceptors (Lipinski definition) is 6. The van der Waals surface area contributed by atoms with E-state index in [0.717, 1.165) is 11.8 Å². The molecular formula is C33H39Cl2N3O6S. The van der Waals surface area contributed by atoms with E-state index >= 15 is 0 Å². The first-order valence-electron chi connectivity index (χ1n) is 14.7. The molecule has 0 radical (unpaired) electrons. The third kappa shape index (κ3) is 9.51. The van der Waals surface area contributed by atoms with Crippen LogP contribution < -0.4 is 19.1 Å². The summed E-state index contributed by atoms with van der Waals surface area (Å²) in [7, 11) is -3.70. The lowest BCUT2D eigenvalue weighted by atomic mass is 10.00. The SMILES string of the molecule is CC(C)(C)NC(=O)[C@@H](Cc1ccccc1)N(Cc1c(Cl)cccc1Cl)C(=O)CCCN(c1ccc2c(c1)OCCO2)S(C)(=O)=O. The molecule has 12 heteroatoms. The molecule has 45 heavy (non-hydrogen) atoms. The lowest BCUT2D eigenvalue weighted by Crippen LogP contribution is -2.54. The standard InChI is InChI=1S/C33H39Cl2N3O6S/c1-33(2,3)36-32(40)28(20-23-10-6-5-7-11-23)37(22-25-26(34)12-8-13-27(25)35)31(39)14-9-17-38(45(4,41)42)24-15-16-29-30(21-24)44-19-18-43-29/h5-8,10-13,15-16,21,28H,9,14,17-20,22H2,1-4H3,(H,36,40)/t28-/m1/s1. The van der Waals surface area contributed by atoms with Gasteiger partial charge in [0.1, 0.15) is 19.3 Å². The van der Waals surface area contributed by atoms with Crippen LogP contribution in [-0.2, 0) is 32.6 Å². The van der Waals surface area contributed by atoms with E-state index in [1.807, 2.05) is 51.1 Å². The minimum atomic E-state index is -3.70. The number of amides is 2. The second-order valence-electron chi connectivity index (χ2n) is 11.9. The third-order valence-electron chi connectivity index (χ3n) is 7.13. The number of nitrogens with zero attached hydrogens (tertiary/aromatic N) is 2. The van der Waals surface area contributed by atoms with Gasteiger partial charge in [-0.2, -0.15) is 0 Å². The highest BCUT2D eigenvalue weighted by Gasteiger charge is 2.33. The molecule has 9 nitrogen and oxygen atoms in total. The number of anilines is 1. The predicted octanol–water partition coefficient (Wildman–Crippen LogP) is 5.87. The molecule has 1 N–H and O–H groups in total. The van der Waals surface area contributed by atoms with Gasteiger partial charge in [0.2, 0.25) is 21.8 Å². The summed E-state index contributed by atoms with van der Waals surface area (Å²) < 4.78 is 38.1. The van der Waals surface area contributed by atoms with Gasteiger partial charge in [-0.05, 0) is 57.0 Å². The van der Waals surface area contributed by atoms with E-state index in [4.69, 9.17) is 32.7 Å². The molecule has 1 aliphatic heterocycles. The fourth-order valence-electron chi connectivity index (χ4n) is 5.05. The van der Waals surface area contributed by atoms with Crippen molar-refractivity contribution in [3.63, 3.8) is 0 Å². The summed E-state index contributed by atoms with van der Waals surface area (Å²) in [5.41, 5.74) is 1.24. The molecule has 0 spiro atoms. The first-order chi connectivity index (χ1) is 21.2. The number of carbonyl (C=O) groups is 2. The smallest absolute Gasteiger partial charge is 0.243 e. The average Bonchev–Trinajstić information content (AvgIpc) is 2.97. The zero-order valence-corrected chi connectivity index (χ0v) is 28.2. The minimum absolute atomic E-state index is 0.00957. The van der Waals surface area contributed by atoms with Crippen molar-refractivity contribution >= 4 is 50.7 Å². The van der Waals surface area contributed by atoms with E-state index in [0.29, 0.717) is 46.0 Å². The zero-order valence-electron chi connectivity index (χ0n) is 25.9. The first-order valence-corrected chi connectivity index (χ1v) is 17.3. The number of halogens is 2. The Morgan fingerprint density at radius 3 is 2.20 bits per heavy atom. The van der Waals surface area contributed by atoms with Crippen molar-refractivity contribution in [1.29, 1.82) is 0 Å². The van der Waals surface area contributed by atoms with E-state index in [9.17, 15) is 18.0 Å². The van der Waals surface area contributed by atoms with Gasteiger partial charge in [-0.15, -0.1) is 0 Å². The first kappa shape index (κ1) is 34.4. The van der Waals surface area contributed by atoms with Crippen LogP contribution in [-0.4, -0.2) is 62.7 Å². The van der Waals surface area contributed by atoms with Crippen molar-refractivity contribution in [2.24, 2.45) is 0 Å². The largest absolute Gasteiger partial charge is 0.486 e. The molecule has 0 fully saturated rings. The van der Waals surface area contributed by atoms with Gasteiger partial charge < -0.3 is 19.7 Å². The summed E-state index contributed by atoms with van der Waals surface area (Å²) in [5.74, 6) is 0.337. The van der Waals surface area contributed by atoms with Gasteiger partial charge in [-0.3, -0.25) is 13.9 Å². The van der Waals surface area contributed by atoms with E-state index in [-0.39, 0.29) is 44.2 Å². The molecule has 1 heterocycles. The zero-order chi connectivity index (χ0) is 32.8. The van der Waals surface area contributed by atoms with Crippen molar-refractivity contribution in [1.82, 2.24) is 10.2 Å². The second-order valence-corrected chi connectivity index (χ2v) is 14.7. The second kappa shape index (κ2) is 14.7. The number of rotatable bonds is 12. The van der Waals surface area contributed by atoms with E-state index in [1.165, 1.54) is 9.21 Å². The number of fused-ring (bicyclic) bond motifs is 1. The highest BCUT2D eigenvalue weighted by molar-refractivity contribution is 7.92. The van der Waals surface area contributed by atoms with Crippen LogP contribution in [0.15, 0.2) is 66.7 Å². The normalized spacial score (nSPS) is 13.6. The Hall–Kier alpha value is -3.47. The Bertz CT molecular complexity index is 1590. The van der Waals surface area contributed by atoms with Gasteiger partial charge in [0.25, 0.3) is 0 Å². The minimum Gasteiger partial charge on any atom is -0.486 e. The summed E-state index contributed by atoms with van der Waals surface area (Å²) in [6.45, 7) is 6.42. The Morgan fingerprint density at radius 1 is 0.933 bits per heavy atom. The molecule has 242 valence electrons. The molecule has 0 saturated heterocycles. The van der Waals surface area contributed by atoms with Crippen molar-refractivity contribution in [2.45, 2.75) is 58.2 Å². The fourth-order valence-corrected chi connectivity index (χ4v) is 6.53. The Morgan fingerprint density at radius 2 is 1.58 bits per heavy atom. The van der Waals surface area contributed by atoms with Gasteiger partial charge in [0, 0.05) is 53.1 Å². The molecule has 1 atom stereocenters. The maximum atomic E-state index is 14.1. The van der Waals surface area contributed by atoms with Crippen LogP contribution in [0.1, 0.15) is 44.7 Å². The van der Waals surface area contributed by atoms with Gasteiger partial charge in [0.05, 0.1) is 11.9 Å². The van der Waals surface area contributed by atoms with Gasteiger partial charge in [0.15, 0.2) is 11.5 Å². The number of carbonyl (C=O) groups excluding carboxylic acids is 2. The molecule has 2 amide bonds. The lowest BCUT2D eigenvalue weighted by molar-refractivity contribution is -0.142. The highest BCUT2D eigenvalue weighted by atomic mass is 35.5. The molecule has 0 aromatic heterocycles. The number of ether oxygens (including phenoxy) is 2. The van der Waals surface area contributed by atoms with Crippen molar-refractivity contribution < 1.29 is 27.5 Å². The molecule has 3 aromatic carbocycles. The van der Waals surface area contributed by atoms with Crippen LogP contribution in [0.4, 0.5) is 5.69 Å². The van der Waals surface area contributed by atoms with E-state index < -0.39 is 21.6 Å². The Labute approximate surface area is 275 Å². The molecule has 0 unspecified atom stereocenters. The summed E-state index contributed by atoms with van der Waals surface area (Å²) in [6.07, 6.45) is 1.52. The van der Waals surface area contributed by atoms with Gasteiger partial charge in [-0.1, -0.05) is 59.6 Å². The van der Waals surface area contributed by atoms with Crippen molar-refractivity contribution in [3.05, 3.63) is 87.9 Å². The van der Waals surface area contributed by atoms with Crippen LogP contribution in [0.3, 0.4) is 0 Å². The maximum Gasteiger partial charge on any atom is 0.243 e. The van der Waals surface area contributed by atoms with Crippen LogP contribution in [0.5, 0.6) is 11.5 Å². The van der Waals surface area contributed by atoms with E-state index in [2.05, 4.69) is 5.32 Å². The third-order valence-corrected chi connectivity index (χ3v) is 9.03. The molecule has 0 bridgehead atoms. The van der Waals surface area contributed by atoms with Crippen molar-refractivity contribution in [3.8, 4) is 11.5 Å². The van der Waals surface area contributed by atoms with Crippen LogP contribution in [0, 0.1) is 0 Å². The van der Waals surface area contributed by atoms with Crippen molar-refractivity contribution in [2.75, 3.05) is 30.3 Å². The van der Waals surface area contributed by atoms with Gasteiger partial charge >= 0.3 is 0 Å². The van der Waals surface area contributed by atoms with Crippen LogP contribution >= 0.6 is 23.2 Å². The van der Waals surface area contributed by atoms with Crippen LogP contribution in [0.2, 0.25) is 10.0 Å². The summed E-state index contributed by atoms with van der Waals surface area (Å²) in [6, 6.07) is 18.6. The maximum absolute atomic E-state index is 14.1. The summed E-state index contributed by atoms with van der Waals surface area (Å²) in [5, 5.41) is 3.77. The number of nitrogens with one attached hydrogen (secondary N) is 1. The summed E-state index contributed by atoms with van der Waals surface area (Å²) in [4.78, 5) is 29.4. The quantitative estimate of drug-likeness (QED) is 0.258. The number of benzene rings is 3. The van der Waals surface area contributed by atoms with Crippen LogP contribution in [0.25, 0.3) is 0 Å². The topological polar surface area (TPSA) is 105 Å². The Balaban J connectivity index is 1.62. The molecule has 0 aliphatic carbocycles. The molecule has 0 saturated carbocycles. The lowest BCUT2D eigenvalue weighted by Gasteiger charge is -2.34. The Kier molecular flexibility index (Phi) is 11.3. The average molecular weight is 677 g/mol. The molecule has 3 aromatic rings. The fraction of sp³-hybridized carbons (Fsp3) is 0.394. The van der Waals surface area contributed by atoms with Gasteiger partial charge in [-0.25, -0.2) is 8.42 Å². The van der Waals surface area contributed by atoms with E-state index in [1.54, 1.807) is 36.4 Å². The summed E-state index contributed by atoms with van der Waals surface area (Å²) >= 11 is 13.1. The highest BCUT2D eigenvalue weighted by Crippen LogP contribution is 2.35. The number of hydrogen-bond donors (Lipinski definition) is 1. The monoisotopic (exact) mass is 675 g/mol. The number of sulfonamides is 1. The molecular weight excluding hydrogens is 637 g/mol. The molecule has 1 aliphatic rings. The predicted molar refractivity (Wildman–Crippen MR) is 178 cm³/mol. The molecule has 4 rings (SSSR count).